The van der Waals surface area contributed by atoms with Gasteiger partial charge in [-0.05, 0) is 23.5 Å². The number of rotatable bonds is 6. The van der Waals surface area contributed by atoms with E-state index >= 15 is 0 Å². The Morgan fingerprint density at radius 2 is 2.10 bits per heavy atom. The Morgan fingerprint density at radius 3 is 2.70 bits per heavy atom. The third kappa shape index (κ3) is 5.95. The van der Waals surface area contributed by atoms with E-state index in [0.29, 0.717) is 36.9 Å². The maximum absolute atomic E-state index is 11.7. The molecule has 0 aliphatic rings. The minimum Gasteiger partial charge on any atom is -0.493 e. The van der Waals surface area contributed by atoms with E-state index in [-0.39, 0.29) is 11.3 Å². The molecule has 1 rings (SSSR count). The fourth-order valence-electron chi connectivity index (χ4n) is 1.53. The van der Waals surface area contributed by atoms with E-state index in [9.17, 15) is 4.79 Å². The van der Waals surface area contributed by atoms with E-state index < -0.39 is 0 Å². The Kier molecular flexibility index (Phi) is 5.86. The van der Waals surface area contributed by atoms with Crippen LogP contribution >= 0.6 is 0 Å². The largest absolute Gasteiger partial charge is 0.493 e. The van der Waals surface area contributed by atoms with Crippen LogP contribution in [0.15, 0.2) is 24.3 Å². The summed E-state index contributed by atoms with van der Waals surface area (Å²) in [6.45, 7) is 9.72. The van der Waals surface area contributed by atoms with Crippen LogP contribution in [0.5, 0.6) is 5.75 Å². The number of nitrogen functional groups attached to an aromatic ring is 1. The van der Waals surface area contributed by atoms with Crippen LogP contribution in [0.4, 0.5) is 5.69 Å². The Hall–Kier alpha value is -1.71. The number of nitrogens with one attached hydrogen (secondary N) is 1. The standard InChI is InChI=1S/C16H26N2O2/c1-12(16(2,3)4)11-18-15(19)8-9-20-14-7-5-6-13(17)10-14/h5-7,10,12H,8-9,11,17H2,1-4H3,(H,18,19). The second-order valence-electron chi connectivity index (χ2n) is 6.24. The first-order valence-electron chi connectivity index (χ1n) is 7.04. The predicted octanol–water partition coefficient (Wildman–Crippen LogP) is 2.84. The highest BCUT2D eigenvalue weighted by Crippen LogP contribution is 2.24. The van der Waals surface area contributed by atoms with Crippen molar-refractivity contribution in [3.05, 3.63) is 24.3 Å². The first kappa shape index (κ1) is 16.3. The van der Waals surface area contributed by atoms with Crippen molar-refractivity contribution in [1.29, 1.82) is 0 Å². The summed E-state index contributed by atoms with van der Waals surface area (Å²) in [5, 5.41) is 2.94. The molecule has 0 aromatic heterocycles. The summed E-state index contributed by atoms with van der Waals surface area (Å²) in [6, 6.07) is 7.21. The zero-order valence-corrected chi connectivity index (χ0v) is 12.9. The van der Waals surface area contributed by atoms with Crippen molar-refractivity contribution >= 4 is 11.6 Å². The molecule has 0 spiro atoms. The zero-order chi connectivity index (χ0) is 15.2. The Labute approximate surface area is 121 Å². The highest BCUT2D eigenvalue weighted by Gasteiger charge is 2.20. The summed E-state index contributed by atoms with van der Waals surface area (Å²) in [4.78, 5) is 11.7. The molecule has 1 aromatic carbocycles. The third-order valence-corrected chi connectivity index (χ3v) is 3.54. The molecule has 0 saturated heterocycles. The van der Waals surface area contributed by atoms with Gasteiger partial charge in [0.2, 0.25) is 5.91 Å². The lowest BCUT2D eigenvalue weighted by atomic mass is 9.82. The smallest absolute Gasteiger partial charge is 0.223 e. The maximum Gasteiger partial charge on any atom is 0.223 e. The van der Waals surface area contributed by atoms with Crippen molar-refractivity contribution in [2.45, 2.75) is 34.1 Å². The van der Waals surface area contributed by atoms with E-state index in [1.807, 2.05) is 12.1 Å². The van der Waals surface area contributed by atoms with Gasteiger partial charge in [-0.2, -0.15) is 0 Å². The SMILES string of the molecule is CC(CNC(=O)CCOc1cccc(N)c1)C(C)(C)C. The number of nitrogens with two attached hydrogens (primary N) is 1. The molecule has 20 heavy (non-hydrogen) atoms. The second kappa shape index (κ2) is 7.17. The molecular formula is C16H26N2O2. The van der Waals surface area contributed by atoms with E-state index in [1.54, 1.807) is 12.1 Å². The molecule has 112 valence electrons. The molecule has 4 nitrogen and oxygen atoms in total. The van der Waals surface area contributed by atoms with E-state index in [0.717, 1.165) is 0 Å². The van der Waals surface area contributed by atoms with Crippen molar-refractivity contribution in [3.63, 3.8) is 0 Å². The summed E-state index contributed by atoms with van der Waals surface area (Å²) >= 11 is 0. The van der Waals surface area contributed by atoms with Gasteiger partial charge in [0.1, 0.15) is 5.75 Å². The molecule has 0 heterocycles. The minimum absolute atomic E-state index is 0.0185. The lowest BCUT2D eigenvalue weighted by Gasteiger charge is -2.27. The van der Waals surface area contributed by atoms with Crippen molar-refractivity contribution in [1.82, 2.24) is 5.32 Å². The summed E-state index contributed by atoms with van der Waals surface area (Å²) < 4.78 is 5.49. The van der Waals surface area contributed by atoms with Gasteiger partial charge in [-0.1, -0.05) is 33.8 Å². The molecule has 0 aliphatic heterocycles. The number of benzene rings is 1. The van der Waals surface area contributed by atoms with Gasteiger partial charge >= 0.3 is 0 Å². The predicted molar refractivity (Wildman–Crippen MR) is 82.6 cm³/mol. The van der Waals surface area contributed by atoms with Gasteiger partial charge in [-0.25, -0.2) is 0 Å². The van der Waals surface area contributed by atoms with Crippen molar-refractivity contribution < 1.29 is 9.53 Å². The number of ether oxygens (including phenoxy) is 1. The molecule has 0 aliphatic carbocycles. The Bertz CT molecular complexity index is 438. The molecule has 1 aromatic rings. The van der Waals surface area contributed by atoms with E-state index in [4.69, 9.17) is 10.5 Å². The van der Waals surface area contributed by atoms with Crippen LogP contribution < -0.4 is 15.8 Å². The number of anilines is 1. The molecular weight excluding hydrogens is 252 g/mol. The zero-order valence-electron chi connectivity index (χ0n) is 12.9. The molecule has 0 saturated carbocycles. The van der Waals surface area contributed by atoms with Crippen molar-refractivity contribution in [3.8, 4) is 5.75 Å². The Morgan fingerprint density at radius 1 is 1.40 bits per heavy atom. The number of hydrogen-bond donors (Lipinski definition) is 2. The monoisotopic (exact) mass is 278 g/mol. The number of hydrogen-bond acceptors (Lipinski definition) is 3. The fourth-order valence-corrected chi connectivity index (χ4v) is 1.53. The Balaban J connectivity index is 2.24. The van der Waals surface area contributed by atoms with E-state index in [1.165, 1.54) is 0 Å². The first-order chi connectivity index (χ1) is 9.29. The van der Waals surface area contributed by atoms with Gasteiger partial charge in [0.25, 0.3) is 0 Å². The highest BCUT2D eigenvalue weighted by molar-refractivity contribution is 5.76. The minimum atomic E-state index is 0.0185. The van der Waals surface area contributed by atoms with Crippen LogP contribution in [-0.4, -0.2) is 19.1 Å². The summed E-state index contributed by atoms with van der Waals surface area (Å²) in [6.07, 6.45) is 0.353. The third-order valence-electron chi connectivity index (χ3n) is 3.54. The number of carbonyl (C=O) groups is 1. The van der Waals surface area contributed by atoms with Crippen LogP contribution in [0, 0.1) is 11.3 Å². The van der Waals surface area contributed by atoms with Crippen LogP contribution in [0.2, 0.25) is 0 Å². The summed E-state index contributed by atoms with van der Waals surface area (Å²) in [5.74, 6) is 1.15. The van der Waals surface area contributed by atoms with Gasteiger partial charge in [0.05, 0.1) is 13.0 Å². The normalized spacial score (nSPS) is 12.8. The fraction of sp³-hybridized carbons (Fsp3) is 0.562. The van der Waals surface area contributed by atoms with Crippen LogP contribution in [0.1, 0.15) is 34.1 Å². The van der Waals surface area contributed by atoms with Gasteiger partial charge in [-0.15, -0.1) is 0 Å². The highest BCUT2D eigenvalue weighted by atomic mass is 16.5. The van der Waals surface area contributed by atoms with Crippen LogP contribution in [-0.2, 0) is 4.79 Å². The lowest BCUT2D eigenvalue weighted by molar-refractivity contribution is -0.121. The molecule has 1 unspecified atom stereocenters. The van der Waals surface area contributed by atoms with Crippen molar-refractivity contribution in [2.24, 2.45) is 11.3 Å². The number of amides is 1. The quantitative estimate of drug-likeness (QED) is 0.786. The summed E-state index contributed by atoms with van der Waals surface area (Å²) in [5.41, 5.74) is 6.51. The molecule has 1 atom stereocenters. The first-order valence-corrected chi connectivity index (χ1v) is 7.04. The van der Waals surface area contributed by atoms with Crippen LogP contribution in [0.3, 0.4) is 0 Å². The van der Waals surface area contributed by atoms with Crippen molar-refractivity contribution in [2.75, 3.05) is 18.9 Å². The molecule has 0 bridgehead atoms. The average molecular weight is 278 g/mol. The average Bonchev–Trinajstić information content (AvgIpc) is 2.35. The van der Waals surface area contributed by atoms with E-state index in [2.05, 4.69) is 33.0 Å². The molecule has 3 N–H and O–H groups in total. The molecule has 1 amide bonds. The van der Waals surface area contributed by atoms with Gasteiger partial charge < -0.3 is 15.8 Å². The molecule has 0 fully saturated rings. The number of carbonyl (C=O) groups excluding carboxylic acids is 1. The molecule has 4 heteroatoms. The maximum atomic E-state index is 11.7. The van der Waals surface area contributed by atoms with Gasteiger partial charge in [-0.3, -0.25) is 4.79 Å². The van der Waals surface area contributed by atoms with Crippen LogP contribution in [0.25, 0.3) is 0 Å². The van der Waals surface area contributed by atoms with Gasteiger partial charge in [0, 0.05) is 18.3 Å². The van der Waals surface area contributed by atoms with Gasteiger partial charge in [0.15, 0.2) is 0 Å². The summed E-state index contributed by atoms with van der Waals surface area (Å²) in [7, 11) is 0. The lowest BCUT2D eigenvalue weighted by Crippen LogP contribution is -2.34. The molecule has 0 radical (unpaired) electrons. The second-order valence-corrected chi connectivity index (χ2v) is 6.24. The topological polar surface area (TPSA) is 64.3 Å².